The standard InChI is InChI=1S/C23H17F3N2O3S/c24-23(25,26)19-3-1-2-4-21(19)32(30,31)18-9-5-16(6-10-18)7-11-20(29)17-8-12-22-27-13-14-28(22)15-17/h1-6,8-10,12-15H,7,11H2. The molecule has 4 rings (SSSR count). The first kappa shape index (κ1) is 21.8. The number of aromatic nitrogens is 2. The molecule has 0 saturated carbocycles. The zero-order valence-electron chi connectivity index (χ0n) is 16.6. The van der Waals surface area contributed by atoms with E-state index < -0.39 is 26.5 Å². The molecule has 0 aliphatic carbocycles. The monoisotopic (exact) mass is 458 g/mol. The van der Waals surface area contributed by atoms with Crippen molar-refractivity contribution in [3.05, 3.63) is 95.9 Å². The number of pyridine rings is 1. The molecule has 2 aromatic carbocycles. The Morgan fingerprint density at radius 3 is 2.41 bits per heavy atom. The van der Waals surface area contributed by atoms with Crippen LogP contribution in [-0.4, -0.2) is 23.6 Å². The van der Waals surface area contributed by atoms with Crippen molar-refractivity contribution in [2.24, 2.45) is 0 Å². The summed E-state index contributed by atoms with van der Waals surface area (Å²) in [5, 5.41) is 0. The summed E-state index contributed by atoms with van der Waals surface area (Å²) in [5.74, 6) is -0.0867. The van der Waals surface area contributed by atoms with Crippen LogP contribution in [0.4, 0.5) is 13.2 Å². The molecule has 0 spiro atoms. The molecule has 0 saturated heterocycles. The highest BCUT2D eigenvalue weighted by Crippen LogP contribution is 2.36. The van der Waals surface area contributed by atoms with Gasteiger partial charge in [-0.15, -0.1) is 0 Å². The fourth-order valence-electron chi connectivity index (χ4n) is 3.38. The summed E-state index contributed by atoms with van der Waals surface area (Å²) in [4.78, 5) is 15.6. The lowest BCUT2D eigenvalue weighted by atomic mass is 10.0. The van der Waals surface area contributed by atoms with E-state index in [-0.39, 0.29) is 17.1 Å². The maximum Gasteiger partial charge on any atom is 0.417 e. The van der Waals surface area contributed by atoms with Crippen LogP contribution in [0.25, 0.3) is 5.65 Å². The normalized spacial score (nSPS) is 12.2. The summed E-state index contributed by atoms with van der Waals surface area (Å²) >= 11 is 0. The summed E-state index contributed by atoms with van der Waals surface area (Å²) in [6.45, 7) is 0. The van der Waals surface area contributed by atoms with Crippen molar-refractivity contribution in [1.82, 2.24) is 9.38 Å². The quantitative estimate of drug-likeness (QED) is 0.381. The maximum absolute atomic E-state index is 13.2. The van der Waals surface area contributed by atoms with Crippen LogP contribution in [0.5, 0.6) is 0 Å². The zero-order valence-corrected chi connectivity index (χ0v) is 17.4. The molecule has 0 amide bonds. The fourth-order valence-corrected chi connectivity index (χ4v) is 4.86. The van der Waals surface area contributed by atoms with Gasteiger partial charge in [0.05, 0.1) is 15.4 Å². The average molecular weight is 458 g/mol. The molecule has 0 bridgehead atoms. The van der Waals surface area contributed by atoms with E-state index in [4.69, 9.17) is 0 Å². The van der Waals surface area contributed by atoms with Gasteiger partial charge < -0.3 is 4.40 Å². The van der Waals surface area contributed by atoms with Crippen molar-refractivity contribution in [3.8, 4) is 0 Å². The molecule has 0 radical (unpaired) electrons. The number of sulfone groups is 1. The third-order valence-electron chi connectivity index (χ3n) is 5.07. The third-order valence-corrected chi connectivity index (χ3v) is 6.89. The molecular weight excluding hydrogens is 441 g/mol. The Labute approximate surface area is 182 Å². The number of alkyl halides is 3. The number of rotatable bonds is 6. The van der Waals surface area contributed by atoms with Crippen molar-refractivity contribution in [1.29, 1.82) is 0 Å². The molecule has 2 aromatic heterocycles. The molecule has 0 N–H and O–H groups in total. The lowest BCUT2D eigenvalue weighted by Crippen LogP contribution is -2.13. The van der Waals surface area contributed by atoms with Gasteiger partial charge in [0.15, 0.2) is 5.78 Å². The Morgan fingerprint density at radius 1 is 0.969 bits per heavy atom. The molecule has 0 fully saturated rings. The molecule has 164 valence electrons. The van der Waals surface area contributed by atoms with Crippen molar-refractivity contribution in [2.45, 2.75) is 28.8 Å². The van der Waals surface area contributed by atoms with Gasteiger partial charge in [0.25, 0.3) is 0 Å². The van der Waals surface area contributed by atoms with Crippen LogP contribution in [0.1, 0.15) is 27.9 Å². The minimum Gasteiger partial charge on any atom is -0.306 e. The second-order valence-electron chi connectivity index (χ2n) is 7.17. The number of fused-ring (bicyclic) bond motifs is 1. The Kier molecular flexibility index (Phi) is 5.60. The molecule has 32 heavy (non-hydrogen) atoms. The van der Waals surface area contributed by atoms with E-state index in [0.717, 1.165) is 23.8 Å². The number of Topliss-reactive ketones (excluding diaryl/α,β-unsaturated/α-hetero) is 1. The number of halogens is 3. The van der Waals surface area contributed by atoms with Crippen molar-refractivity contribution >= 4 is 21.3 Å². The van der Waals surface area contributed by atoms with Gasteiger partial charge in [0, 0.05) is 30.6 Å². The summed E-state index contributed by atoms with van der Waals surface area (Å²) in [5.41, 5.74) is 0.749. The van der Waals surface area contributed by atoms with E-state index in [1.165, 1.54) is 30.3 Å². The predicted molar refractivity (Wildman–Crippen MR) is 111 cm³/mol. The highest BCUT2D eigenvalue weighted by atomic mass is 32.2. The second-order valence-corrected chi connectivity index (χ2v) is 9.09. The molecule has 0 unspecified atom stereocenters. The first-order chi connectivity index (χ1) is 15.2. The Balaban J connectivity index is 1.50. The average Bonchev–Trinajstić information content (AvgIpc) is 3.25. The van der Waals surface area contributed by atoms with Gasteiger partial charge in [-0.05, 0) is 48.4 Å². The molecule has 0 aliphatic heterocycles. The minimum atomic E-state index is -4.79. The number of ketones is 1. The first-order valence-electron chi connectivity index (χ1n) is 9.62. The van der Waals surface area contributed by atoms with Crippen molar-refractivity contribution in [3.63, 3.8) is 0 Å². The minimum absolute atomic E-state index is 0.0867. The van der Waals surface area contributed by atoms with Crippen LogP contribution in [-0.2, 0) is 22.4 Å². The second kappa shape index (κ2) is 8.23. The van der Waals surface area contributed by atoms with Gasteiger partial charge >= 0.3 is 6.18 Å². The van der Waals surface area contributed by atoms with Gasteiger partial charge in [-0.1, -0.05) is 24.3 Å². The Bertz CT molecular complexity index is 1390. The van der Waals surface area contributed by atoms with Crippen molar-refractivity contribution < 1.29 is 26.4 Å². The van der Waals surface area contributed by atoms with E-state index in [2.05, 4.69) is 4.98 Å². The molecule has 0 atom stereocenters. The Hall–Kier alpha value is -3.46. The number of nitrogens with zero attached hydrogens (tertiary/aromatic N) is 2. The highest BCUT2D eigenvalue weighted by Gasteiger charge is 2.37. The molecule has 9 heteroatoms. The van der Waals surface area contributed by atoms with Gasteiger partial charge in [0.1, 0.15) is 5.65 Å². The number of benzene rings is 2. The topological polar surface area (TPSA) is 68.5 Å². The fraction of sp³-hybridized carbons (Fsp3) is 0.130. The van der Waals surface area contributed by atoms with Gasteiger partial charge in [0.2, 0.25) is 9.84 Å². The molecule has 0 aliphatic rings. The van der Waals surface area contributed by atoms with Crippen molar-refractivity contribution in [2.75, 3.05) is 0 Å². The van der Waals surface area contributed by atoms with E-state index >= 15 is 0 Å². The molecular formula is C23H17F3N2O3S. The number of hydrogen-bond donors (Lipinski definition) is 0. The van der Waals surface area contributed by atoms with Gasteiger partial charge in [-0.2, -0.15) is 13.2 Å². The van der Waals surface area contributed by atoms with Crippen LogP contribution in [0.2, 0.25) is 0 Å². The summed E-state index contributed by atoms with van der Waals surface area (Å²) < 4.78 is 67.0. The Morgan fingerprint density at radius 2 is 1.69 bits per heavy atom. The first-order valence-corrected chi connectivity index (χ1v) is 11.1. The maximum atomic E-state index is 13.2. The van der Waals surface area contributed by atoms with Crippen LogP contribution >= 0.6 is 0 Å². The summed E-state index contributed by atoms with van der Waals surface area (Å²) in [6.07, 6.45) is 0.833. The number of imidazole rings is 1. The van der Waals surface area contributed by atoms with Gasteiger partial charge in [-0.25, -0.2) is 13.4 Å². The number of carbonyl (C=O) groups excluding carboxylic acids is 1. The highest BCUT2D eigenvalue weighted by molar-refractivity contribution is 7.91. The van der Waals surface area contributed by atoms with Crippen LogP contribution in [0, 0.1) is 0 Å². The van der Waals surface area contributed by atoms with E-state index in [1.54, 1.807) is 35.1 Å². The number of aryl methyl sites for hydroxylation is 1. The predicted octanol–water partition coefficient (Wildman–Crippen LogP) is 5.00. The van der Waals surface area contributed by atoms with E-state index in [9.17, 15) is 26.4 Å². The third kappa shape index (κ3) is 4.29. The van der Waals surface area contributed by atoms with Gasteiger partial charge in [-0.3, -0.25) is 4.79 Å². The van der Waals surface area contributed by atoms with Crippen LogP contribution < -0.4 is 0 Å². The summed E-state index contributed by atoms with van der Waals surface area (Å²) in [6, 6.07) is 13.1. The number of hydrogen-bond acceptors (Lipinski definition) is 4. The number of carbonyl (C=O) groups is 1. The molecule has 4 aromatic rings. The van der Waals surface area contributed by atoms with Crippen LogP contribution in [0.3, 0.4) is 0 Å². The van der Waals surface area contributed by atoms with E-state index in [1.807, 2.05) is 0 Å². The summed E-state index contributed by atoms with van der Waals surface area (Å²) in [7, 11) is -4.35. The molecule has 2 heterocycles. The zero-order chi connectivity index (χ0) is 22.9. The largest absolute Gasteiger partial charge is 0.417 e. The van der Waals surface area contributed by atoms with Crippen LogP contribution in [0.15, 0.2) is 89.0 Å². The SMILES string of the molecule is O=C(CCc1ccc(S(=O)(=O)c2ccccc2C(F)(F)F)cc1)c1ccc2nccn2c1. The lowest BCUT2D eigenvalue weighted by molar-refractivity contribution is -0.139. The smallest absolute Gasteiger partial charge is 0.306 e. The molecule has 5 nitrogen and oxygen atoms in total. The lowest BCUT2D eigenvalue weighted by Gasteiger charge is -2.13. The van der Waals surface area contributed by atoms with E-state index in [0.29, 0.717) is 17.5 Å².